The van der Waals surface area contributed by atoms with E-state index in [1.54, 1.807) is 13.8 Å². The standard InChI is InChI=1S/C14H30N2O2/c1-6-10-16(12(3)4)11-8-9-14(5,15)13(17)18-7-2/h12H,6-11,15H2,1-5H3. The molecule has 0 bridgehead atoms. The van der Waals surface area contributed by atoms with E-state index < -0.39 is 5.54 Å². The summed E-state index contributed by atoms with van der Waals surface area (Å²) in [5.41, 5.74) is 5.13. The number of carbonyl (C=O) groups excluding carboxylic acids is 1. The summed E-state index contributed by atoms with van der Waals surface area (Å²) < 4.78 is 4.98. The van der Waals surface area contributed by atoms with E-state index in [2.05, 4.69) is 25.7 Å². The Kier molecular flexibility index (Phi) is 8.20. The van der Waals surface area contributed by atoms with Crippen LogP contribution in [-0.2, 0) is 9.53 Å². The van der Waals surface area contributed by atoms with E-state index in [0.29, 0.717) is 19.1 Å². The van der Waals surface area contributed by atoms with Crippen LogP contribution in [0, 0.1) is 0 Å². The summed E-state index contributed by atoms with van der Waals surface area (Å²) in [6.07, 6.45) is 2.73. The Labute approximate surface area is 112 Å². The number of rotatable bonds is 9. The van der Waals surface area contributed by atoms with Crippen LogP contribution in [0.3, 0.4) is 0 Å². The monoisotopic (exact) mass is 258 g/mol. The van der Waals surface area contributed by atoms with Crippen molar-refractivity contribution in [1.29, 1.82) is 0 Å². The van der Waals surface area contributed by atoms with E-state index in [-0.39, 0.29) is 5.97 Å². The van der Waals surface area contributed by atoms with Crippen molar-refractivity contribution in [2.45, 2.75) is 65.5 Å². The van der Waals surface area contributed by atoms with Gasteiger partial charge in [-0.25, -0.2) is 0 Å². The zero-order valence-electron chi connectivity index (χ0n) is 12.7. The molecular formula is C14H30N2O2. The van der Waals surface area contributed by atoms with Crippen LogP contribution >= 0.6 is 0 Å². The van der Waals surface area contributed by atoms with Crippen LogP contribution < -0.4 is 5.73 Å². The molecule has 0 aliphatic carbocycles. The first-order valence-electron chi connectivity index (χ1n) is 7.05. The minimum absolute atomic E-state index is 0.295. The molecule has 4 heteroatoms. The second-order valence-corrected chi connectivity index (χ2v) is 5.37. The van der Waals surface area contributed by atoms with E-state index >= 15 is 0 Å². The highest BCUT2D eigenvalue weighted by Gasteiger charge is 2.29. The van der Waals surface area contributed by atoms with E-state index in [1.165, 1.54) is 0 Å². The molecular weight excluding hydrogens is 228 g/mol. The van der Waals surface area contributed by atoms with Crippen molar-refractivity contribution >= 4 is 5.97 Å². The topological polar surface area (TPSA) is 55.6 Å². The molecule has 1 atom stereocenters. The zero-order valence-corrected chi connectivity index (χ0v) is 12.7. The Morgan fingerprint density at radius 2 is 1.94 bits per heavy atom. The van der Waals surface area contributed by atoms with Gasteiger partial charge in [-0.05, 0) is 60.0 Å². The molecule has 0 heterocycles. The number of ether oxygens (including phenoxy) is 1. The molecule has 0 fully saturated rings. The third kappa shape index (κ3) is 6.36. The van der Waals surface area contributed by atoms with Gasteiger partial charge in [0.25, 0.3) is 0 Å². The molecule has 0 aromatic rings. The van der Waals surface area contributed by atoms with Gasteiger partial charge in [-0.1, -0.05) is 6.92 Å². The van der Waals surface area contributed by atoms with Crippen molar-refractivity contribution in [3.05, 3.63) is 0 Å². The van der Waals surface area contributed by atoms with E-state index in [9.17, 15) is 4.79 Å². The zero-order chi connectivity index (χ0) is 14.2. The molecule has 0 aromatic carbocycles. The maximum atomic E-state index is 11.6. The highest BCUT2D eigenvalue weighted by molar-refractivity contribution is 5.79. The lowest BCUT2D eigenvalue weighted by molar-refractivity contribution is -0.149. The molecule has 0 aliphatic heterocycles. The lowest BCUT2D eigenvalue weighted by atomic mass is 9.97. The number of esters is 1. The molecule has 0 saturated heterocycles. The van der Waals surface area contributed by atoms with Gasteiger partial charge in [0.2, 0.25) is 0 Å². The Hall–Kier alpha value is -0.610. The first-order chi connectivity index (χ1) is 8.35. The summed E-state index contributed by atoms with van der Waals surface area (Å²) in [4.78, 5) is 14.1. The summed E-state index contributed by atoms with van der Waals surface area (Å²) in [6, 6.07) is 0.538. The quantitative estimate of drug-likeness (QED) is 0.644. The summed E-state index contributed by atoms with van der Waals surface area (Å²) in [6.45, 7) is 12.6. The fraction of sp³-hybridized carbons (Fsp3) is 0.929. The Balaban J connectivity index is 4.11. The van der Waals surface area contributed by atoms with Gasteiger partial charge < -0.3 is 15.4 Å². The third-order valence-corrected chi connectivity index (χ3v) is 3.12. The molecule has 0 aromatic heterocycles. The molecule has 0 saturated carbocycles. The van der Waals surface area contributed by atoms with Gasteiger partial charge in [-0.15, -0.1) is 0 Å². The lowest BCUT2D eigenvalue weighted by Crippen LogP contribution is -2.46. The molecule has 0 amide bonds. The van der Waals surface area contributed by atoms with E-state index in [1.807, 2.05) is 0 Å². The van der Waals surface area contributed by atoms with Crippen LogP contribution in [0.1, 0.15) is 53.9 Å². The first kappa shape index (κ1) is 17.4. The second-order valence-electron chi connectivity index (χ2n) is 5.37. The summed E-state index contributed by atoms with van der Waals surface area (Å²) >= 11 is 0. The average molecular weight is 258 g/mol. The number of hydrogen-bond donors (Lipinski definition) is 1. The van der Waals surface area contributed by atoms with Crippen LogP contribution in [0.25, 0.3) is 0 Å². The largest absolute Gasteiger partial charge is 0.465 e. The molecule has 0 aliphatic rings. The third-order valence-electron chi connectivity index (χ3n) is 3.12. The molecule has 0 radical (unpaired) electrons. The normalized spacial score (nSPS) is 14.9. The highest BCUT2D eigenvalue weighted by atomic mass is 16.5. The van der Waals surface area contributed by atoms with Crippen molar-refractivity contribution < 1.29 is 9.53 Å². The van der Waals surface area contributed by atoms with Gasteiger partial charge in [-0.2, -0.15) is 0 Å². The minimum Gasteiger partial charge on any atom is -0.465 e. The Bertz CT molecular complexity index is 240. The van der Waals surface area contributed by atoms with Crippen LogP contribution in [0.4, 0.5) is 0 Å². The maximum Gasteiger partial charge on any atom is 0.325 e. The predicted molar refractivity (Wildman–Crippen MR) is 75.5 cm³/mol. The minimum atomic E-state index is -0.856. The fourth-order valence-electron chi connectivity index (χ4n) is 1.96. The molecule has 0 rings (SSSR count). The fourth-order valence-corrected chi connectivity index (χ4v) is 1.96. The molecule has 4 nitrogen and oxygen atoms in total. The number of nitrogens with two attached hydrogens (primary N) is 1. The number of hydrogen-bond acceptors (Lipinski definition) is 4. The van der Waals surface area contributed by atoms with Gasteiger partial charge in [0, 0.05) is 6.04 Å². The Morgan fingerprint density at radius 1 is 1.33 bits per heavy atom. The summed E-state index contributed by atoms with van der Waals surface area (Å²) in [5.74, 6) is -0.295. The Morgan fingerprint density at radius 3 is 2.39 bits per heavy atom. The smallest absolute Gasteiger partial charge is 0.325 e. The van der Waals surface area contributed by atoms with Crippen molar-refractivity contribution in [2.75, 3.05) is 19.7 Å². The van der Waals surface area contributed by atoms with Crippen molar-refractivity contribution in [2.24, 2.45) is 5.73 Å². The van der Waals surface area contributed by atoms with Gasteiger partial charge in [0.1, 0.15) is 5.54 Å². The van der Waals surface area contributed by atoms with Gasteiger partial charge >= 0.3 is 5.97 Å². The molecule has 18 heavy (non-hydrogen) atoms. The van der Waals surface area contributed by atoms with Crippen molar-refractivity contribution in [1.82, 2.24) is 4.90 Å². The highest BCUT2D eigenvalue weighted by Crippen LogP contribution is 2.13. The number of nitrogens with zero attached hydrogens (tertiary/aromatic N) is 1. The van der Waals surface area contributed by atoms with Crippen LogP contribution in [0.2, 0.25) is 0 Å². The predicted octanol–water partition coefficient (Wildman–Crippen LogP) is 2.17. The van der Waals surface area contributed by atoms with Gasteiger partial charge in [-0.3, -0.25) is 4.79 Å². The summed E-state index contributed by atoms with van der Waals surface area (Å²) in [7, 11) is 0. The molecule has 2 N–H and O–H groups in total. The molecule has 0 spiro atoms. The van der Waals surface area contributed by atoms with Crippen LogP contribution in [0.15, 0.2) is 0 Å². The van der Waals surface area contributed by atoms with Gasteiger partial charge in [0.05, 0.1) is 6.61 Å². The van der Waals surface area contributed by atoms with Crippen molar-refractivity contribution in [3.8, 4) is 0 Å². The van der Waals surface area contributed by atoms with Crippen LogP contribution in [-0.4, -0.2) is 42.1 Å². The molecule has 108 valence electrons. The van der Waals surface area contributed by atoms with Crippen molar-refractivity contribution in [3.63, 3.8) is 0 Å². The lowest BCUT2D eigenvalue weighted by Gasteiger charge is -2.28. The second kappa shape index (κ2) is 8.48. The SMILES string of the molecule is CCCN(CCCC(C)(N)C(=O)OCC)C(C)C. The number of carbonyl (C=O) groups is 1. The molecule has 1 unspecified atom stereocenters. The first-order valence-corrected chi connectivity index (χ1v) is 7.05. The summed E-state index contributed by atoms with van der Waals surface area (Å²) in [5, 5.41) is 0. The van der Waals surface area contributed by atoms with E-state index in [4.69, 9.17) is 10.5 Å². The van der Waals surface area contributed by atoms with E-state index in [0.717, 1.165) is 25.9 Å². The van der Waals surface area contributed by atoms with Crippen LogP contribution in [0.5, 0.6) is 0 Å². The van der Waals surface area contributed by atoms with Gasteiger partial charge in [0.15, 0.2) is 0 Å². The average Bonchev–Trinajstić information content (AvgIpc) is 2.27. The maximum absolute atomic E-state index is 11.6.